The van der Waals surface area contributed by atoms with E-state index >= 15 is 0 Å². The van der Waals surface area contributed by atoms with Gasteiger partial charge < -0.3 is 24.5 Å². The number of carboxylic acid groups (broad SMARTS) is 1. The van der Waals surface area contributed by atoms with E-state index in [0.717, 1.165) is 17.1 Å². The number of nitrogens with one attached hydrogen (secondary N) is 1. The van der Waals surface area contributed by atoms with Gasteiger partial charge in [0.25, 0.3) is 0 Å². The van der Waals surface area contributed by atoms with Crippen molar-refractivity contribution in [2.45, 2.75) is 19.0 Å². The highest BCUT2D eigenvalue weighted by atomic mass is 32.1. The lowest BCUT2D eigenvalue weighted by molar-refractivity contribution is 0.0697. The molecular weight excluding hydrogens is 522 g/mol. The van der Waals surface area contributed by atoms with Crippen LogP contribution in [0.1, 0.15) is 39.5 Å². The number of aryl methyl sites for hydroxylation is 1. The Balaban J connectivity index is 1.35. The maximum atomic E-state index is 11.5. The van der Waals surface area contributed by atoms with Gasteiger partial charge in [0.2, 0.25) is 0 Å². The number of thiocarbonyl (C=S) groups is 1. The lowest BCUT2D eigenvalue weighted by atomic mass is 10.0. The third-order valence-corrected chi connectivity index (χ3v) is 7.10. The van der Waals surface area contributed by atoms with Crippen LogP contribution in [0.4, 0.5) is 5.69 Å². The summed E-state index contributed by atoms with van der Waals surface area (Å²) in [6.45, 7) is 2.04. The molecule has 1 fully saturated rings. The quantitative estimate of drug-likeness (QED) is 0.205. The summed E-state index contributed by atoms with van der Waals surface area (Å²) in [7, 11) is 0. The zero-order valence-electron chi connectivity index (χ0n) is 21.5. The molecule has 1 saturated heterocycles. The van der Waals surface area contributed by atoms with Crippen molar-refractivity contribution in [2.24, 2.45) is 0 Å². The van der Waals surface area contributed by atoms with Gasteiger partial charge in [0.05, 0.1) is 17.3 Å². The zero-order chi connectivity index (χ0) is 27.6. The molecule has 3 heterocycles. The Kier molecular flexibility index (Phi) is 6.76. The zero-order valence-corrected chi connectivity index (χ0v) is 22.3. The molecular formula is C32H25N3O4S. The van der Waals surface area contributed by atoms with Gasteiger partial charge in [-0.25, -0.2) is 4.79 Å². The summed E-state index contributed by atoms with van der Waals surface area (Å²) in [5.74, 6) is 1.72. The van der Waals surface area contributed by atoms with Gasteiger partial charge in [0, 0.05) is 17.4 Å². The number of furan rings is 1. The number of aromatic carboxylic acids is 1. The minimum atomic E-state index is -0.991. The molecule has 2 atom stereocenters. The number of ether oxygens (including phenoxy) is 1. The Morgan fingerprint density at radius 2 is 1.70 bits per heavy atom. The largest absolute Gasteiger partial charge is 0.478 e. The van der Waals surface area contributed by atoms with Crippen molar-refractivity contribution >= 4 is 29.0 Å². The summed E-state index contributed by atoms with van der Waals surface area (Å²) in [5.41, 5.74) is 3.73. The van der Waals surface area contributed by atoms with Crippen LogP contribution in [-0.4, -0.2) is 21.2 Å². The first kappa shape index (κ1) is 25.3. The fraction of sp³-hybridized carbons (Fsp3) is 0.0938. The lowest BCUT2D eigenvalue weighted by Crippen LogP contribution is -2.29. The SMILES string of the molecule is Cc1ccc(Oc2ccc(N3C(=S)N[C@H](c4ccccn4)[C@@H]3c3ccc(-c4cccc(C(=O)O)c4)o3)cc2)cc1. The van der Waals surface area contributed by atoms with Gasteiger partial charge in [-0.2, -0.15) is 0 Å². The van der Waals surface area contributed by atoms with Gasteiger partial charge in [-0.1, -0.05) is 35.9 Å². The summed E-state index contributed by atoms with van der Waals surface area (Å²) in [6.07, 6.45) is 1.75. The van der Waals surface area contributed by atoms with Crippen molar-refractivity contribution < 1.29 is 19.1 Å². The van der Waals surface area contributed by atoms with Crippen molar-refractivity contribution in [3.8, 4) is 22.8 Å². The molecule has 0 bridgehead atoms. The monoisotopic (exact) mass is 547 g/mol. The van der Waals surface area contributed by atoms with Crippen molar-refractivity contribution in [1.82, 2.24) is 10.3 Å². The molecule has 2 N–H and O–H groups in total. The van der Waals surface area contributed by atoms with Crippen LogP contribution >= 0.6 is 12.2 Å². The normalized spacial score (nSPS) is 16.5. The molecule has 0 aliphatic carbocycles. The molecule has 2 aromatic heterocycles. The lowest BCUT2D eigenvalue weighted by Gasteiger charge is -2.26. The van der Waals surface area contributed by atoms with Crippen LogP contribution in [0.3, 0.4) is 0 Å². The molecule has 0 radical (unpaired) electrons. The smallest absolute Gasteiger partial charge is 0.335 e. The average molecular weight is 548 g/mol. The maximum Gasteiger partial charge on any atom is 0.335 e. The van der Waals surface area contributed by atoms with E-state index in [1.54, 1.807) is 24.4 Å². The van der Waals surface area contributed by atoms with Crippen molar-refractivity contribution in [2.75, 3.05) is 4.90 Å². The third-order valence-electron chi connectivity index (χ3n) is 6.78. The van der Waals surface area contributed by atoms with Crippen LogP contribution < -0.4 is 15.0 Å². The van der Waals surface area contributed by atoms with Gasteiger partial charge in [-0.3, -0.25) is 4.98 Å². The highest BCUT2D eigenvalue weighted by Crippen LogP contribution is 2.43. The maximum absolute atomic E-state index is 11.5. The first-order valence-electron chi connectivity index (χ1n) is 12.7. The predicted octanol–water partition coefficient (Wildman–Crippen LogP) is 7.32. The Bertz CT molecular complexity index is 1670. The summed E-state index contributed by atoms with van der Waals surface area (Å²) >= 11 is 5.82. The summed E-state index contributed by atoms with van der Waals surface area (Å²) in [4.78, 5) is 18.1. The number of carboxylic acids is 1. The number of carbonyl (C=O) groups is 1. The molecule has 0 saturated carbocycles. The topological polar surface area (TPSA) is 87.8 Å². The Morgan fingerprint density at radius 3 is 2.40 bits per heavy atom. The van der Waals surface area contributed by atoms with E-state index in [1.807, 2.05) is 96.8 Å². The molecule has 198 valence electrons. The summed E-state index contributed by atoms with van der Waals surface area (Å²) in [5, 5.41) is 13.4. The van der Waals surface area contributed by atoms with Crippen LogP contribution in [-0.2, 0) is 0 Å². The minimum absolute atomic E-state index is 0.195. The minimum Gasteiger partial charge on any atom is -0.478 e. The highest BCUT2D eigenvalue weighted by Gasteiger charge is 2.42. The van der Waals surface area contributed by atoms with Crippen LogP contribution in [0.15, 0.2) is 114 Å². The number of anilines is 1. The molecule has 40 heavy (non-hydrogen) atoms. The van der Waals surface area contributed by atoms with E-state index in [9.17, 15) is 9.90 Å². The van der Waals surface area contributed by atoms with E-state index in [0.29, 0.717) is 27.9 Å². The molecule has 1 aliphatic heterocycles. The van der Waals surface area contributed by atoms with Crippen LogP contribution in [0, 0.1) is 6.92 Å². The molecule has 0 spiro atoms. The van der Waals surface area contributed by atoms with Gasteiger partial charge in [0.15, 0.2) is 5.11 Å². The van der Waals surface area contributed by atoms with Crippen LogP contribution in [0.25, 0.3) is 11.3 Å². The molecule has 1 aliphatic rings. The second-order valence-electron chi connectivity index (χ2n) is 9.49. The van der Waals surface area contributed by atoms with E-state index in [-0.39, 0.29) is 17.6 Å². The Labute approximate surface area is 236 Å². The molecule has 7 nitrogen and oxygen atoms in total. The second kappa shape index (κ2) is 10.7. The number of nitrogens with zero attached hydrogens (tertiary/aromatic N) is 2. The van der Waals surface area contributed by atoms with Crippen LogP contribution in [0.5, 0.6) is 11.5 Å². The average Bonchev–Trinajstić information content (AvgIpc) is 3.60. The van der Waals surface area contributed by atoms with Crippen LogP contribution in [0.2, 0.25) is 0 Å². The molecule has 5 aromatic rings. The molecule has 0 amide bonds. The fourth-order valence-electron chi connectivity index (χ4n) is 4.81. The number of hydrogen-bond acceptors (Lipinski definition) is 5. The van der Waals surface area contributed by atoms with E-state index in [1.165, 1.54) is 5.56 Å². The predicted molar refractivity (Wildman–Crippen MR) is 157 cm³/mol. The van der Waals surface area contributed by atoms with Gasteiger partial charge >= 0.3 is 5.97 Å². The molecule has 0 unspecified atom stereocenters. The number of rotatable bonds is 7. The van der Waals surface area contributed by atoms with Gasteiger partial charge in [0.1, 0.15) is 29.1 Å². The molecule has 3 aromatic carbocycles. The number of pyridine rings is 1. The number of benzene rings is 3. The molecule has 8 heteroatoms. The number of aromatic nitrogens is 1. The summed E-state index contributed by atoms with van der Waals surface area (Å²) < 4.78 is 12.4. The van der Waals surface area contributed by atoms with Gasteiger partial charge in [-0.15, -0.1) is 0 Å². The summed E-state index contributed by atoms with van der Waals surface area (Å²) in [6, 6.07) is 31.2. The molecule has 6 rings (SSSR count). The fourth-order valence-corrected chi connectivity index (χ4v) is 5.16. The number of hydrogen-bond donors (Lipinski definition) is 2. The van der Waals surface area contributed by atoms with E-state index in [2.05, 4.69) is 10.3 Å². The Morgan fingerprint density at radius 1 is 0.950 bits per heavy atom. The second-order valence-corrected chi connectivity index (χ2v) is 9.88. The Hall–Kier alpha value is -4.95. The third kappa shape index (κ3) is 5.04. The first-order chi connectivity index (χ1) is 19.5. The van der Waals surface area contributed by atoms with Crippen molar-refractivity contribution in [3.63, 3.8) is 0 Å². The first-order valence-corrected chi connectivity index (χ1v) is 13.2. The van der Waals surface area contributed by atoms with Crippen molar-refractivity contribution in [1.29, 1.82) is 0 Å². The van der Waals surface area contributed by atoms with Crippen molar-refractivity contribution in [3.05, 3.63) is 132 Å². The standard InChI is InChI=1S/C32H25N3O4S/c1-20-8-12-24(13-9-20)38-25-14-10-23(11-15-25)35-30(29(34-32(35)40)26-7-2-3-18-33-26)28-17-16-27(39-28)21-5-4-6-22(19-21)31(36)37/h2-19,29-30H,1H3,(H,34,40)(H,36,37)/t29-,30+/m1/s1. The highest BCUT2D eigenvalue weighted by molar-refractivity contribution is 7.80. The van der Waals surface area contributed by atoms with Gasteiger partial charge in [-0.05, 0) is 91.9 Å². The van der Waals surface area contributed by atoms with E-state index in [4.69, 9.17) is 21.4 Å². The van der Waals surface area contributed by atoms with E-state index < -0.39 is 5.97 Å².